The van der Waals surface area contributed by atoms with Gasteiger partial charge in [0.2, 0.25) is 0 Å². The molecule has 4 nitrogen and oxygen atoms in total. The first-order valence-corrected chi connectivity index (χ1v) is 7.03. The van der Waals surface area contributed by atoms with Crippen molar-refractivity contribution < 1.29 is 15.7 Å². The molecule has 0 bridgehead atoms. The maximum Gasteiger partial charge on any atom is 0.165 e. The van der Waals surface area contributed by atoms with E-state index in [-0.39, 0.29) is 17.0 Å². The van der Waals surface area contributed by atoms with Gasteiger partial charge in [0.15, 0.2) is 11.5 Å². The third kappa shape index (κ3) is 1.83. The molecule has 21 heavy (non-hydrogen) atoms. The van der Waals surface area contributed by atoms with Gasteiger partial charge in [0.25, 0.3) is 0 Å². The lowest BCUT2D eigenvalue weighted by atomic mass is 9.77. The Bertz CT molecular complexity index is 711. The molecule has 4 heteroatoms. The van der Waals surface area contributed by atoms with E-state index in [4.69, 9.17) is 0 Å². The highest BCUT2D eigenvalue weighted by Crippen LogP contribution is 2.49. The number of likely N-dealkylation sites (N-methyl/N-ethyl adjacent to an activating group) is 1. The summed E-state index contributed by atoms with van der Waals surface area (Å²) in [4.78, 5) is 2.39. The summed E-state index contributed by atoms with van der Waals surface area (Å²) in [6.07, 6.45) is 1.94. The van der Waals surface area contributed by atoms with Gasteiger partial charge in [-0.3, -0.25) is 4.90 Å². The van der Waals surface area contributed by atoms with Gasteiger partial charge in [-0.15, -0.1) is 0 Å². The summed E-state index contributed by atoms with van der Waals surface area (Å²) in [7, 11) is 2.16. The fourth-order valence-corrected chi connectivity index (χ4v) is 3.67. The third-order valence-electron chi connectivity index (χ3n) is 4.72. The van der Waals surface area contributed by atoms with Crippen LogP contribution >= 0.6 is 0 Å². The first kappa shape index (κ1) is 13.9. The first-order chi connectivity index (χ1) is 9.66. The first-order valence-electron chi connectivity index (χ1n) is 7.03. The molecule has 0 fully saturated rings. The Kier molecular flexibility index (Phi) is 3.15. The molecule has 0 saturated carbocycles. The molecule has 110 valence electrons. The highest BCUT2D eigenvalue weighted by molar-refractivity contribution is 5.82. The van der Waals surface area contributed by atoms with Gasteiger partial charge in [0, 0.05) is 18.2 Å². The molecule has 1 aliphatic heterocycles. The minimum absolute atomic E-state index is 0. The van der Waals surface area contributed by atoms with Gasteiger partial charge in [0.05, 0.1) is 0 Å². The van der Waals surface area contributed by atoms with Gasteiger partial charge < -0.3 is 15.7 Å². The number of rotatable bonds is 0. The maximum absolute atomic E-state index is 10.3. The Morgan fingerprint density at radius 2 is 1.90 bits per heavy atom. The second-order valence-electron chi connectivity index (χ2n) is 5.80. The largest absolute Gasteiger partial charge is 0.504 e. The lowest BCUT2D eigenvalue weighted by Crippen LogP contribution is -2.35. The van der Waals surface area contributed by atoms with Gasteiger partial charge >= 0.3 is 0 Å². The quantitative estimate of drug-likeness (QED) is 0.727. The summed E-state index contributed by atoms with van der Waals surface area (Å²) in [6.45, 7) is 1.07. The standard InChI is InChI=1S/C17H17NO2.H2O/c1-18-8-7-10-3-2-4-12-15(10)13(18)9-11-5-6-14(19)17(20)16(11)12;/h2-6,13,19-20H,7-9H2,1H3;1H2/t13-;/m1./s1. The molecular formula is C17H19NO3. The van der Waals surface area contributed by atoms with Crippen molar-refractivity contribution in [2.45, 2.75) is 18.9 Å². The van der Waals surface area contributed by atoms with Crippen molar-refractivity contribution in [2.24, 2.45) is 0 Å². The Labute approximate surface area is 123 Å². The number of hydrogen-bond acceptors (Lipinski definition) is 3. The molecule has 0 amide bonds. The second-order valence-corrected chi connectivity index (χ2v) is 5.80. The average Bonchev–Trinajstić information content (AvgIpc) is 2.46. The lowest BCUT2D eigenvalue weighted by molar-refractivity contribution is 0.228. The minimum Gasteiger partial charge on any atom is -0.504 e. The van der Waals surface area contributed by atoms with E-state index in [1.807, 2.05) is 6.07 Å². The van der Waals surface area contributed by atoms with Crippen molar-refractivity contribution in [1.29, 1.82) is 0 Å². The Hall–Kier alpha value is -2.04. The van der Waals surface area contributed by atoms with Crippen LogP contribution in [0, 0.1) is 0 Å². The highest BCUT2D eigenvalue weighted by Gasteiger charge is 2.33. The van der Waals surface area contributed by atoms with Gasteiger partial charge in [-0.25, -0.2) is 0 Å². The Balaban J connectivity index is 0.00000132. The van der Waals surface area contributed by atoms with Gasteiger partial charge in [0.1, 0.15) is 0 Å². The molecule has 1 atom stereocenters. The molecule has 0 radical (unpaired) electrons. The van der Waals surface area contributed by atoms with Crippen LogP contribution < -0.4 is 0 Å². The van der Waals surface area contributed by atoms with Crippen LogP contribution in [0.3, 0.4) is 0 Å². The topological polar surface area (TPSA) is 75.2 Å². The summed E-state index contributed by atoms with van der Waals surface area (Å²) in [5.41, 5.74) is 5.71. The zero-order chi connectivity index (χ0) is 13.9. The number of hydrogen-bond donors (Lipinski definition) is 2. The van der Waals surface area contributed by atoms with Gasteiger partial charge in [-0.2, -0.15) is 0 Å². The van der Waals surface area contributed by atoms with E-state index in [1.165, 1.54) is 11.1 Å². The summed E-state index contributed by atoms with van der Waals surface area (Å²) < 4.78 is 0. The van der Waals surface area contributed by atoms with Gasteiger partial charge in [-0.1, -0.05) is 24.3 Å². The molecule has 4 N–H and O–H groups in total. The summed E-state index contributed by atoms with van der Waals surface area (Å²) in [5, 5.41) is 20.1. The summed E-state index contributed by atoms with van der Waals surface area (Å²) >= 11 is 0. The van der Waals surface area contributed by atoms with Crippen molar-refractivity contribution in [3.05, 3.63) is 47.0 Å². The van der Waals surface area contributed by atoms with Crippen LogP contribution in [0.4, 0.5) is 0 Å². The summed E-state index contributed by atoms with van der Waals surface area (Å²) in [6, 6.07) is 10.2. The van der Waals surface area contributed by atoms with E-state index in [0.29, 0.717) is 6.04 Å². The van der Waals surface area contributed by atoms with E-state index >= 15 is 0 Å². The van der Waals surface area contributed by atoms with E-state index in [9.17, 15) is 10.2 Å². The molecule has 1 heterocycles. The highest BCUT2D eigenvalue weighted by atomic mass is 16.3. The maximum atomic E-state index is 10.3. The zero-order valence-electron chi connectivity index (χ0n) is 11.9. The van der Waals surface area contributed by atoms with E-state index in [0.717, 1.165) is 36.1 Å². The van der Waals surface area contributed by atoms with E-state index in [2.05, 4.69) is 30.1 Å². The fourth-order valence-electron chi connectivity index (χ4n) is 3.67. The fraction of sp³-hybridized carbons (Fsp3) is 0.294. The average molecular weight is 285 g/mol. The number of benzene rings is 2. The van der Waals surface area contributed by atoms with Crippen LogP contribution in [0.5, 0.6) is 11.5 Å². The number of nitrogens with zero attached hydrogens (tertiary/aromatic N) is 1. The van der Waals surface area contributed by atoms with Crippen molar-refractivity contribution in [2.75, 3.05) is 13.6 Å². The molecule has 2 aromatic carbocycles. The van der Waals surface area contributed by atoms with Crippen LogP contribution in [0.25, 0.3) is 11.1 Å². The molecule has 0 unspecified atom stereocenters. The van der Waals surface area contributed by atoms with Gasteiger partial charge in [-0.05, 0) is 48.2 Å². The van der Waals surface area contributed by atoms with Crippen LogP contribution in [0.15, 0.2) is 30.3 Å². The molecule has 4 rings (SSSR count). The smallest absolute Gasteiger partial charge is 0.165 e. The number of phenols is 2. The Morgan fingerprint density at radius 3 is 2.71 bits per heavy atom. The lowest BCUT2D eigenvalue weighted by Gasteiger charge is -2.39. The molecule has 0 spiro atoms. The molecule has 2 aromatic rings. The van der Waals surface area contributed by atoms with Crippen molar-refractivity contribution in [1.82, 2.24) is 4.90 Å². The zero-order valence-corrected chi connectivity index (χ0v) is 11.9. The number of fused-ring (bicyclic) bond motifs is 2. The van der Waals surface area contributed by atoms with Crippen molar-refractivity contribution in [3.8, 4) is 22.6 Å². The third-order valence-corrected chi connectivity index (χ3v) is 4.72. The van der Waals surface area contributed by atoms with Crippen molar-refractivity contribution >= 4 is 0 Å². The van der Waals surface area contributed by atoms with Crippen LogP contribution in [0.2, 0.25) is 0 Å². The monoisotopic (exact) mass is 285 g/mol. The molecule has 0 saturated heterocycles. The van der Waals surface area contributed by atoms with Crippen molar-refractivity contribution in [3.63, 3.8) is 0 Å². The van der Waals surface area contributed by atoms with Crippen LogP contribution in [-0.2, 0) is 12.8 Å². The van der Waals surface area contributed by atoms with E-state index < -0.39 is 0 Å². The predicted octanol–water partition coefficient (Wildman–Crippen LogP) is 2.03. The SMILES string of the molecule is CN1CCc2cccc3c2[C@H]1Cc1ccc(O)c(O)c1-3.O. The Morgan fingerprint density at radius 1 is 1.10 bits per heavy atom. The molecule has 0 aromatic heterocycles. The molecular weight excluding hydrogens is 266 g/mol. The van der Waals surface area contributed by atoms with Crippen LogP contribution in [0.1, 0.15) is 22.7 Å². The molecule has 1 aliphatic carbocycles. The van der Waals surface area contributed by atoms with E-state index in [1.54, 1.807) is 6.07 Å². The van der Waals surface area contributed by atoms with Crippen LogP contribution in [-0.4, -0.2) is 34.2 Å². The minimum atomic E-state index is -0.0380. The predicted molar refractivity (Wildman–Crippen MR) is 81.6 cm³/mol. The normalized spacial score (nSPS) is 19.4. The molecule has 2 aliphatic rings. The number of phenolic OH excluding ortho intramolecular Hbond substituents is 2. The number of aromatic hydroxyl groups is 2. The second kappa shape index (κ2) is 4.76. The summed E-state index contributed by atoms with van der Waals surface area (Å²) in [5.74, 6) is -0.0217.